The summed E-state index contributed by atoms with van der Waals surface area (Å²) in [4.78, 5) is 21.1. The molecule has 14 heavy (non-hydrogen) atoms. The minimum Gasteiger partial charge on any atom is -0.465 e. The van der Waals surface area contributed by atoms with Gasteiger partial charge in [-0.1, -0.05) is 26.8 Å². The number of aldehydes is 1. The van der Waals surface area contributed by atoms with Gasteiger partial charge in [0.2, 0.25) is 0 Å². The second kappa shape index (κ2) is 4.26. The van der Waals surface area contributed by atoms with Gasteiger partial charge in [-0.25, -0.2) is 4.79 Å². The number of amides is 1. The summed E-state index contributed by atoms with van der Waals surface area (Å²) in [5.41, 5.74) is -1.30. The second-order valence-corrected chi connectivity index (χ2v) is 4.23. The fourth-order valence-electron chi connectivity index (χ4n) is 1.31. The number of carboxylic acid groups (broad SMARTS) is 1. The molecule has 1 unspecified atom stereocenters. The fraction of sp³-hybridized carbons (Fsp3) is 0.600. The maximum Gasteiger partial charge on any atom is 0.405 e. The summed E-state index contributed by atoms with van der Waals surface area (Å²) in [6.45, 7) is 9.15. The van der Waals surface area contributed by atoms with Gasteiger partial charge in [0.05, 0.1) is 5.54 Å². The molecule has 0 saturated heterocycles. The van der Waals surface area contributed by atoms with E-state index in [2.05, 4.69) is 11.9 Å². The molecule has 0 bridgehead atoms. The van der Waals surface area contributed by atoms with E-state index in [-0.39, 0.29) is 6.42 Å². The van der Waals surface area contributed by atoms with Gasteiger partial charge in [0.25, 0.3) is 0 Å². The van der Waals surface area contributed by atoms with Crippen LogP contribution in [0.1, 0.15) is 27.2 Å². The maximum atomic E-state index is 10.6. The lowest BCUT2D eigenvalue weighted by Gasteiger charge is -2.41. The topological polar surface area (TPSA) is 66.4 Å². The van der Waals surface area contributed by atoms with E-state index in [4.69, 9.17) is 5.11 Å². The Morgan fingerprint density at radius 2 is 2.00 bits per heavy atom. The van der Waals surface area contributed by atoms with Gasteiger partial charge in [0.1, 0.15) is 6.29 Å². The molecule has 1 atom stereocenters. The van der Waals surface area contributed by atoms with E-state index in [0.29, 0.717) is 6.29 Å². The van der Waals surface area contributed by atoms with Crippen molar-refractivity contribution in [1.29, 1.82) is 0 Å². The molecular weight excluding hydrogens is 182 g/mol. The molecule has 0 spiro atoms. The summed E-state index contributed by atoms with van der Waals surface area (Å²) >= 11 is 0. The van der Waals surface area contributed by atoms with Gasteiger partial charge in [-0.3, -0.25) is 0 Å². The number of carbonyl (C=O) groups is 2. The zero-order valence-electron chi connectivity index (χ0n) is 8.83. The first kappa shape index (κ1) is 12.7. The third-order valence-electron chi connectivity index (χ3n) is 2.42. The predicted molar refractivity (Wildman–Crippen MR) is 54.2 cm³/mol. The van der Waals surface area contributed by atoms with E-state index in [1.54, 1.807) is 0 Å². The number of rotatable bonds is 4. The van der Waals surface area contributed by atoms with Crippen LogP contribution in [0.5, 0.6) is 0 Å². The van der Waals surface area contributed by atoms with Crippen molar-refractivity contribution in [2.24, 2.45) is 5.41 Å². The molecule has 0 aromatic carbocycles. The maximum absolute atomic E-state index is 10.6. The minimum absolute atomic E-state index is 0.0896. The van der Waals surface area contributed by atoms with Gasteiger partial charge in [0.15, 0.2) is 0 Å². The molecule has 0 heterocycles. The van der Waals surface area contributed by atoms with E-state index < -0.39 is 17.0 Å². The Bertz CT molecular complexity index is 242. The number of nitrogens with one attached hydrogen (secondary N) is 1. The summed E-state index contributed by atoms with van der Waals surface area (Å²) in [5.74, 6) is 0. The second-order valence-electron chi connectivity index (χ2n) is 4.23. The molecule has 2 N–H and O–H groups in total. The number of hydrogen-bond acceptors (Lipinski definition) is 2. The van der Waals surface area contributed by atoms with Gasteiger partial charge in [-0.05, 0) is 5.41 Å². The Labute approximate surface area is 84.0 Å². The number of hydrogen-bond donors (Lipinski definition) is 2. The highest BCUT2D eigenvalue weighted by molar-refractivity contribution is 5.68. The monoisotopic (exact) mass is 199 g/mol. The van der Waals surface area contributed by atoms with Crippen molar-refractivity contribution >= 4 is 12.4 Å². The standard InChI is InChI=1S/C10H17NO3/c1-5-10(6-7-12,9(2,3)4)11-8(13)14/h5,7,11H,1,6H2,2-4H3,(H,13,14). The van der Waals surface area contributed by atoms with Crippen molar-refractivity contribution in [1.82, 2.24) is 5.32 Å². The molecule has 0 aromatic heterocycles. The van der Waals surface area contributed by atoms with Crippen LogP contribution in [-0.2, 0) is 4.79 Å². The van der Waals surface area contributed by atoms with Crippen molar-refractivity contribution in [2.75, 3.05) is 0 Å². The van der Waals surface area contributed by atoms with Crippen LogP contribution in [0.2, 0.25) is 0 Å². The average Bonchev–Trinajstić information content (AvgIpc) is 2.00. The minimum atomic E-state index is -1.15. The molecule has 1 amide bonds. The first-order chi connectivity index (χ1) is 6.29. The molecule has 4 heteroatoms. The third kappa shape index (κ3) is 2.58. The van der Waals surface area contributed by atoms with Crippen molar-refractivity contribution < 1.29 is 14.7 Å². The van der Waals surface area contributed by atoms with Gasteiger partial charge >= 0.3 is 6.09 Å². The van der Waals surface area contributed by atoms with Crippen LogP contribution in [0.15, 0.2) is 12.7 Å². The highest BCUT2D eigenvalue weighted by Gasteiger charge is 2.40. The van der Waals surface area contributed by atoms with Crippen molar-refractivity contribution in [3.63, 3.8) is 0 Å². The van der Waals surface area contributed by atoms with Crippen LogP contribution in [0, 0.1) is 5.41 Å². The smallest absolute Gasteiger partial charge is 0.405 e. The Kier molecular flexibility index (Phi) is 3.86. The summed E-state index contributed by atoms with van der Waals surface area (Å²) < 4.78 is 0. The summed E-state index contributed by atoms with van der Waals surface area (Å²) in [5, 5.41) is 11.0. The van der Waals surface area contributed by atoms with Gasteiger partial charge < -0.3 is 15.2 Å². The first-order valence-electron chi connectivity index (χ1n) is 4.37. The highest BCUT2D eigenvalue weighted by atomic mass is 16.4. The Hall–Kier alpha value is -1.32. The lowest BCUT2D eigenvalue weighted by molar-refractivity contribution is -0.109. The largest absolute Gasteiger partial charge is 0.465 e. The van der Waals surface area contributed by atoms with Crippen LogP contribution in [0.25, 0.3) is 0 Å². The molecular formula is C10H17NO3. The van der Waals surface area contributed by atoms with Crippen LogP contribution in [-0.4, -0.2) is 23.0 Å². The van der Waals surface area contributed by atoms with Crippen molar-refractivity contribution in [3.8, 4) is 0 Å². The molecule has 0 aromatic rings. The van der Waals surface area contributed by atoms with E-state index in [0.717, 1.165) is 0 Å². The lowest BCUT2D eigenvalue weighted by atomic mass is 9.72. The highest BCUT2D eigenvalue weighted by Crippen LogP contribution is 2.33. The van der Waals surface area contributed by atoms with Crippen LogP contribution >= 0.6 is 0 Å². The van der Waals surface area contributed by atoms with E-state index in [1.807, 2.05) is 20.8 Å². The first-order valence-corrected chi connectivity index (χ1v) is 4.37. The van der Waals surface area contributed by atoms with Gasteiger partial charge in [-0.2, -0.15) is 0 Å². The van der Waals surface area contributed by atoms with Crippen LogP contribution in [0.3, 0.4) is 0 Å². The zero-order valence-corrected chi connectivity index (χ0v) is 8.83. The van der Waals surface area contributed by atoms with Crippen LogP contribution < -0.4 is 5.32 Å². The molecule has 0 saturated carbocycles. The van der Waals surface area contributed by atoms with Crippen molar-refractivity contribution in [2.45, 2.75) is 32.7 Å². The van der Waals surface area contributed by atoms with E-state index >= 15 is 0 Å². The lowest BCUT2D eigenvalue weighted by Crippen LogP contribution is -2.55. The summed E-state index contributed by atoms with van der Waals surface area (Å²) in [6, 6.07) is 0. The Balaban J connectivity index is 5.07. The fourth-order valence-corrected chi connectivity index (χ4v) is 1.31. The Morgan fingerprint density at radius 1 is 1.50 bits per heavy atom. The molecule has 80 valence electrons. The van der Waals surface area contributed by atoms with Crippen LogP contribution in [0.4, 0.5) is 4.79 Å². The van der Waals surface area contributed by atoms with E-state index in [9.17, 15) is 9.59 Å². The zero-order chi connectivity index (χ0) is 11.4. The Morgan fingerprint density at radius 3 is 2.21 bits per heavy atom. The predicted octanol–water partition coefficient (Wildman–Crippen LogP) is 1.81. The van der Waals surface area contributed by atoms with E-state index in [1.165, 1.54) is 6.08 Å². The third-order valence-corrected chi connectivity index (χ3v) is 2.42. The summed E-state index contributed by atoms with van der Waals surface area (Å²) in [7, 11) is 0. The van der Waals surface area contributed by atoms with Crippen molar-refractivity contribution in [3.05, 3.63) is 12.7 Å². The number of carbonyl (C=O) groups excluding carboxylic acids is 1. The normalized spacial score (nSPS) is 15.4. The molecule has 4 nitrogen and oxygen atoms in total. The molecule has 0 aliphatic heterocycles. The SMILES string of the molecule is C=CC(CC=O)(NC(=O)O)C(C)(C)C. The average molecular weight is 199 g/mol. The quantitative estimate of drug-likeness (QED) is 0.536. The van der Waals surface area contributed by atoms with Gasteiger partial charge in [0, 0.05) is 6.42 Å². The molecule has 0 aliphatic rings. The molecule has 0 radical (unpaired) electrons. The summed E-state index contributed by atoms with van der Waals surface area (Å²) in [6.07, 6.45) is 1.12. The molecule has 0 fully saturated rings. The molecule has 0 aliphatic carbocycles. The van der Waals surface area contributed by atoms with Gasteiger partial charge in [-0.15, -0.1) is 6.58 Å². The molecule has 0 rings (SSSR count).